The highest BCUT2D eigenvalue weighted by molar-refractivity contribution is 6.35. The summed E-state index contributed by atoms with van der Waals surface area (Å²) < 4.78 is 2.25. The number of imidazole rings is 1. The molecule has 30 heavy (non-hydrogen) atoms. The van der Waals surface area contributed by atoms with Crippen LogP contribution >= 0.6 is 23.2 Å². The molecule has 0 N–H and O–H groups in total. The second-order valence-corrected chi connectivity index (χ2v) is 9.23. The van der Waals surface area contributed by atoms with Gasteiger partial charge in [0.1, 0.15) is 11.3 Å². The summed E-state index contributed by atoms with van der Waals surface area (Å²) in [5.41, 5.74) is 2.20. The fraction of sp³-hybridized carbons (Fsp3) is 0.435. The number of benzene rings is 1. The van der Waals surface area contributed by atoms with Gasteiger partial charge in [-0.25, -0.2) is 9.97 Å². The number of nitrogens with zero attached hydrogens (tertiary/aromatic N) is 4. The Kier molecular flexibility index (Phi) is 6.30. The van der Waals surface area contributed by atoms with Gasteiger partial charge in [0.05, 0.1) is 17.1 Å². The maximum absolute atomic E-state index is 13.4. The molecule has 2 heterocycles. The van der Waals surface area contributed by atoms with Crippen LogP contribution in [0.4, 0.5) is 0 Å². The molecular weight excluding hydrogens is 419 g/mol. The number of carbonyl (C=O) groups excluding carboxylic acids is 1. The molecule has 0 spiro atoms. The molecule has 4 rings (SSSR count). The van der Waals surface area contributed by atoms with Crippen LogP contribution in [0.15, 0.2) is 36.5 Å². The standard InChI is InChI=1S/C23H26Cl2N4O/c1-15(2)13-28(23(30)18-12-16(24)9-10-19(18)25)14-21-27-20-8-5-11-26-22(20)29(21)17-6-3-4-7-17/h5,8-12,15,17H,3-4,6-7,13-14H2,1-2H3. The van der Waals surface area contributed by atoms with Crippen molar-refractivity contribution in [3.63, 3.8) is 0 Å². The van der Waals surface area contributed by atoms with Crippen LogP contribution in [-0.2, 0) is 6.54 Å². The normalized spacial score (nSPS) is 14.7. The van der Waals surface area contributed by atoms with Crippen molar-refractivity contribution in [2.45, 2.75) is 52.1 Å². The fourth-order valence-corrected chi connectivity index (χ4v) is 4.67. The number of carbonyl (C=O) groups is 1. The minimum Gasteiger partial charge on any atom is -0.331 e. The first-order chi connectivity index (χ1) is 14.4. The number of amides is 1. The number of hydrogen-bond donors (Lipinski definition) is 0. The van der Waals surface area contributed by atoms with E-state index in [-0.39, 0.29) is 5.91 Å². The lowest BCUT2D eigenvalue weighted by Gasteiger charge is -2.26. The molecule has 1 fully saturated rings. The molecule has 1 aliphatic rings. The third kappa shape index (κ3) is 4.33. The quantitative estimate of drug-likeness (QED) is 0.457. The van der Waals surface area contributed by atoms with Gasteiger partial charge >= 0.3 is 0 Å². The zero-order valence-electron chi connectivity index (χ0n) is 17.3. The Labute approximate surface area is 187 Å². The first kappa shape index (κ1) is 21.1. The third-order valence-electron chi connectivity index (χ3n) is 5.58. The number of halogens is 2. The van der Waals surface area contributed by atoms with Crippen LogP contribution in [0.5, 0.6) is 0 Å². The van der Waals surface area contributed by atoms with Crippen LogP contribution in [0.25, 0.3) is 11.2 Å². The molecule has 2 aromatic heterocycles. The van der Waals surface area contributed by atoms with Crippen LogP contribution in [0, 0.1) is 5.92 Å². The summed E-state index contributed by atoms with van der Waals surface area (Å²) in [6.45, 7) is 5.21. The van der Waals surface area contributed by atoms with Gasteiger partial charge in [0.25, 0.3) is 5.91 Å². The minimum atomic E-state index is -0.130. The Hall–Kier alpha value is -2.11. The second kappa shape index (κ2) is 8.94. The van der Waals surface area contributed by atoms with Crippen molar-refractivity contribution in [1.82, 2.24) is 19.4 Å². The Balaban J connectivity index is 1.73. The van der Waals surface area contributed by atoms with Crippen molar-refractivity contribution in [1.29, 1.82) is 0 Å². The highest BCUT2D eigenvalue weighted by atomic mass is 35.5. The van der Waals surface area contributed by atoms with Crippen LogP contribution < -0.4 is 0 Å². The molecule has 0 unspecified atom stereocenters. The SMILES string of the molecule is CC(C)CN(Cc1nc2cccnc2n1C1CCCC1)C(=O)c1cc(Cl)ccc1Cl. The van der Waals surface area contributed by atoms with E-state index < -0.39 is 0 Å². The topological polar surface area (TPSA) is 51.0 Å². The lowest BCUT2D eigenvalue weighted by molar-refractivity contribution is 0.0715. The van der Waals surface area contributed by atoms with E-state index in [0.29, 0.717) is 40.7 Å². The van der Waals surface area contributed by atoms with Gasteiger partial charge in [0.15, 0.2) is 5.65 Å². The summed E-state index contributed by atoms with van der Waals surface area (Å²) >= 11 is 12.5. The van der Waals surface area contributed by atoms with Crippen molar-refractivity contribution in [3.8, 4) is 0 Å². The molecule has 1 saturated carbocycles. The van der Waals surface area contributed by atoms with Gasteiger partial charge in [-0.1, -0.05) is 49.9 Å². The monoisotopic (exact) mass is 444 g/mol. The lowest BCUT2D eigenvalue weighted by Crippen LogP contribution is -2.35. The first-order valence-corrected chi connectivity index (χ1v) is 11.3. The van der Waals surface area contributed by atoms with Gasteiger partial charge in [-0.3, -0.25) is 4.79 Å². The zero-order valence-corrected chi connectivity index (χ0v) is 18.8. The molecule has 0 bridgehead atoms. The fourth-order valence-electron chi connectivity index (χ4n) is 4.30. The maximum Gasteiger partial charge on any atom is 0.255 e. The summed E-state index contributed by atoms with van der Waals surface area (Å²) in [6, 6.07) is 9.27. The summed E-state index contributed by atoms with van der Waals surface area (Å²) in [5, 5.41) is 0.902. The van der Waals surface area contributed by atoms with E-state index in [1.807, 2.05) is 23.2 Å². The number of fused-ring (bicyclic) bond motifs is 1. The maximum atomic E-state index is 13.4. The van der Waals surface area contributed by atoms with Crippen molar-refractivity contribution >= 4 is 40.3 Å². The average Bonchev–Trinajstić information content (AvgIpc) is 3.35. The van der Waals surface area contributed by atoms with Gasteiger partial charge < -0.3 is 9.47 Å². The molecule has 5 nitrogen and oxygen atoms in total. The third-order valence-corrected chi connectivity index (χ3v) is 6.14. The highest BCUT2D eigenvalue weighted by Crippen LogP contribution is 2.33. The van der Waals surface area contributed by atoms with E-state index >= 15 is 0 Å². The van der Waals surface area contributed by atoms with E-state index in [4.69, 9.17) is 28.2 Å². The predicted octanol–water partition coefficient (Wildman–Crippen LogP) is 6.15. The Morgan fingerprint density at radius 1 is 1.23 bits per heavy atom. The predicted molar refractivity (Wildman–Crippen MR) is 121 cm³/mol. The molecule has 0 aliphatic heterocycles. The van der Waals surface area contributed by atoms with Crippen LogP contribution in [0.1, 0.15) is 61.8 Å². The zero-order chi connectivity index (χ0) is 21.3. The summed E-state index contributed by atoms with van der Waals surface area (Å²) in [4.78, 5) is 24.7. The molecule has 0 atom stereocenters. The molecule has 1 amide bonds. The average molecular weight is 445 g/mol. The van der Waals surface area contributed by atoms with Crippen molar-refractivity contribution < 1.29 is 4.79 Å². The van der Waals surface area contributed by atoms with Crippen LogP contribution in [0.2, 0.25) is 10.0 Å². The number of aromatic nitrogens is 3. The number of hydrogen-bond acceptors (Lipinski definition) is 3. The smallest absolute Gasteiger partial charge is 0.255 e. The molecule has 1 aliphatic carbocycles. The Bertz CT molecular complexity index is 1060. The summed E-state index contributed by atoms with van der Waals surface area (Å²) in [5.74, 6) is 1.05. The first-order valence-electron chi connectivity index (χ1n) is 10.5. The van der Waals surface area contributed by atoms with Crippen LogP contribution in [0.3, 0.4) is 0 Å². The summed E-state index contributed by atoms with van der Waals surface area (Å²) in [7, 11) is 0. The largest absolute Gasteiger partial charge is 0.331 e. The van der Waals surface area contributed by atoms with Gasteiger partial charge in [0, 0.05) is 23.8 Å². The van der Waals surface area contributed by atoms with Crippen molar-refractivity contribution in [3.05, 3.63) is 58.0 Å². The molecule has 0 saturated heterocycles. The lowest BCUT2D eigenvalue weighted by atomic mass is 10.1. The van der Waals surface area contributed by atoms with Crippen LogP contribution in [-0.4, -0.2) is 31.9 Å². The molecule has 3 aromatic rings. The molecule has 1 aromatic carbocycles. The molecule has 0 radical (unpaired) electrons. The summed E-state index contributed by atoms with van der Waals surface area (Å²) in [6.07, 6.45) is 6.47. The molecular formula is C23H26Cl2N4O. The van der Waals surface area contributed by atoms with Gasteiger partial charge in [-0.05, 0) is 49.1 Å². The Morgan fingerprint density at radius 3 is 2.73 bits per heavy atom. The van der Waals surface area contributed by atoms with E-state index in [1.54, 1.807) is 18.2 Å². The van der Waals surface area contributed by atoms with Crippen molar-refractivity contribution in [2.75, 3.05) is 6.54 Å². The van der Waals surface area contributed by atoms with E-state index in [0.717, 1.165) is 29.8 Å². The van der Waals surface area contributed by atoms with Crippen molar-refractivity contribution in [2.24, 2.45) is 5.92 Å². The van der Waals surface area contributed by atoms with E-state index in [1.165, 1.54) is 12.8 Å². The van der Waals surface area contributed by atoms with Gasteiger partial charge in [-0.2, -0.15) is 0 Å². The van der Waals surface area contributed by atoms with Gasteiger partial charge in [0.2, 0.25) is 0 Å². The molecule has 158 valence electrons. The number of pyridine rings is 1. The second-order valence-electron chi connectivity index (χ2n) is 8.39. The van der Waals surface area contributed by atoms with E-state index in [2.05, 4.69) is 23.4 Å². The minimum absolute atomic E-state index is 0.130. The number of rotatable bonds is 6. The molecule has 7 heteroatoms. The Morgan fingerprint density at radius 2 is 2.00 bits per heavy atom. The van der Waals surface area contributed by atoms with Gasteiger partial charge in [-0.15, -0.1) is 0 Å². The van der Waals surface area contributed by atoms with E-state index in [9.17, 15) is 4.79 Å². The highest BCUT2D eigenvalue weighted by Gasteiger charge is 2.27.